The standard InChI is InChI=1S/C14H20N2/c1-15-14-8-4-5-11-9-16(10-13(11)14)12-6-2-3-7-12/h4-5,8,12,15H,2-3,6-7,9-10H2,1H3. The van der Waals surface area contributed by atoms with Crippen LogP contribution in [0.2, 0.25) is 0 Å². The number of hydrogen-bond acceptors (Lipinski definition) is 2. The van der Waals surface area contributed by atoms with E-state index in [2.05, 4.69) is 28.4 Å². The average molecular weight is 216 g/mol. The number of hydrogen-bond donors (Lipinski definition) is 1. The monoisotopic (exact) mass is 216 g/mol. The van der Waals surface area contributed by atoms with E-state index in [0.29, 0.717) is 0 Å². The maximum absolute atomic E-state index is 3.31. The Labute approximate surface area is 97.6 Å². The fourth-order valence-corrected chi connectivity index (χ4v) is 3.21. The van der Waals surface area contributed by atoms with Gasteiger partial charge < -0.3 is 5.32 Å². The highest BCUT2D eigenvalue weighted by Gasteiger charge is 2.28. The number of rotatable bonds is 2. The second kappa shape index (κ2) is 4.10. The molecule has 0 amide bonds. The molecule has 1 heterocycles. The minimum atomic E-state index is 0.845. The molecule has 1 N–H and O–H groups in total. The summed E-state index contributed by atoms with van der Waals surface area (Å²) in [5.41, 5.74) is 4.37. The van der Waals surface area contributed by atoms with E-state index in [-0.39, 0.29) is 0 Å². The first-order valence-electron chi connectivity index (χ1n) is 6.41. The molecule has 1 aliphatic carbocycles. The van der Waals surface area contributed by atoms with Crippen LogP contribution in [-0.4, -0.2) is 18.0 Å². The van der Waals surface area contributed by atoms with Gasteiger partial charge in [0.25, 0.3) is 0 Å². The van der Waals surface area contributed by atoms with Gasteiger partial charge in [0, 0.05) is 31.9 Å². The lowest BCUT2D eigenvalue weighted by molar-refractivity contribution is 0.202. The van der Waals surface area contributed by atoms with Gasteiger partial charge in [-0.3, -0.25) is 4.90 Å². The third-order valence-electron chi connectivity index (χ3n) is 4.12. The molecular formula is C14H20N2. The summed E-state index contributed by atoms with van der Waals surface area (Å²) in [6, 6.07) is 7.49. The van der Waals surface area contributed by atoms with Crippen molar-refractivity contribution in [3.8, 4) is 0 Å². The molecule has 0 bridgehead atoms. The predicted octanol–water partition coefficient (Wildman–Crippen LogP) is 2.99. The highest BCUT2D eigenvalue weighted by atomic mass is 15.2. The number of nitrogens with one attached hydrogen (secondary N) is 1. The van der Waals surface area contributed by atoms with Crippen molar-refractivity contribution in [2.75, 3.05) is 12.4 Å². The quantitative estimate of drug-likeness (QED) is 0.817. The van der Waals surface area contributed by atoms with Gasteiger partial charge >= 0.3 is 0 Å². The Kier molecular flexibility index (Phi) is 2.60. The zero-order valence-electron chi connectivity index (χ0n) is 10.00. The number of nitrogens with zero attached hydrogens (tertiary/aromatic N) is 1. The molecule has 1 saturated carbocycles. The molecule has 2 nitrogen and oxygen atoms in total. The third-order valence-corrected chi connectivity index (χ3v) is 4.12. The van der Waals surface area contributed by atoms with Crippen molar-refractivity contribution in [1.29, 1.82) is 0 Å². The SMILES string of the molecule is CNc1cccc2c1CN(C1CCCC1)C2. The Morgan fingerprint density at radius 1 is 1.19 bits per heavy atom. The number of benzene rings is 1. The van der Waals surface area contributed by atoms with E-state index in [9.17, 15) is 0 Å². The second-order valence-corrected chi connectivity index (χ2v) is 5.04. The zero-order chi connectivity index (χ0) is 11.0. The normalized spacial score (nSPS) is 21.3. The highest BCUT2D eigenvalue weighted by Crippen LogP contribution is 2.34. The zero-order valence-corrected chi connectivity index (χ0v) is 10.00. The van der Waals surface area contributed by atoms with E-state index in [0.717, 1.165) is 19.1 Å². The fraction of sp³-hybridized carbons (Fsp3) is 0.571. The molecule has 0 saturated heterocycles. The van der Waals surface area contributed by atoms with Crippen LogP contribution in [0.3, 0.4) is 0 Å². The van der Waals surface area contributed by atoms with Crippen LogP contribution in [0.25, 0.3) is 0 Å². The van der Waals surface area contributed by atoms with Crippen molar-refractivity contribution in [1.82, 2.24) is 4.90 Å². The fourth-order valence-electron chi connectivity index (χ4n) is 3.21. The topological polar surface area (TPSA) is 15.3 Å². The van der Waals surface area contributed by atoms with Crippen LogP contribution in [0, 0.1) is 0 Å². The van der Waals surface area contributed by atoms with E-state index in [1.165, 1.54) is 42.5 Å². The summed E-state index contributed by atoms with van der Waals surface area (Å²) in [5.74, 6) is 0. The maximum atomic E-state index is 3.31. The first-order valence-corrected chi connectivity index (χ1v) is 6.41. The first-order chi connectivity index (χ1) is 7.88. The van der Waals surface area contributed by atoms with Crippen LogP contribution >= 0.6 is 0 Å². The van der Waals surface area contributed by atoms with Crippen LogP contribution in [0.15, 0.2) is 18.2 Å². The van der Waals surface area contributed by atoms with Crippen molar-refractivity contribution in [2.45, 2.75) is 44.8 Å². The summed E-state index contributed by atoms with van der Waals surface area (Å²) >= 11 is 0. The van der Waals surface area contributed by atoms with Gasteiger partial charge in [-0.05, 0) is 30.0 Å². The smallest absolute Gasteiger partial charge is 0.0386 e. The molecule has 0 radical (unpaired) electrons. The van der Waals surface area contributed by atoms with Gasteiger partial charge in [0.1, 0.15) is 0 Å². The predicted molar refractivity (Wildman–Crippen MR) is 67.5 cm³/mol. The van der Waals surface area contributed by atoms with Gasteiger partial charge in [-0.2, -0.15) is 0 Å². The van der Waals surface area contributed by atoms with Gasteiger partial charge in [0.05, 0.1) is 0 Å². The molecule has 1 fully saturated rings. The average Bonchev–Trinajstić information content (AvgIpc) is 2.96. The van der Waals surface area contributed by atoms with Crippen LogP contribution < -0.4 is 5.32 Å². The highest BCUT2D eigenvalue weighted by molar-refractivity contribution is 5.55. The summed E-state index contributed by atoms with van der Waals surface area (Å²) in [7, 11) is 2.02. The van der Waals surface area contributed by atoms with E-state index < -0.39 is 0 Å². The second-order valence-electron chi connectivity index (χ2n) is 5.04. The lowest BCUT2D eigenvalue weighted by Crippen LogP contribution is -2.27. The minimum Gasteiger partial charge on any atom is -0.388 e. The molecule has 0 unspecified atom stereocenters. The van der Waals surface area contributed by atoms with Gasteiger partial charge in [0.15, 0.2) is 0 Å². The van der Waals surface area contributed by atoms with Crippen molar-refractivity contribution < 1.29 is 0 Å². The van der Waals surface area contributed by atoms with E-state index >= 15 is 0 Å². The summed E-state index contributed by atoms with van der Waals surface area (Å²) in [4.78, 5) is 2.67. The summed E-state index contributed by atoms with van der Waals surface area (Å²) in [6.45, 7) is 2.31. The van der Waals surface area contributed by atoms with E-state index in [1.807, 2.05) is 7.05 Å². The Balaban J connectivity index is 1.82. The van der Waals surface area contributed by atoms with Gasteiger partial charge in [0.2, 0.25) is 0 Å². The molecule has 0 atom stereocenters. The van der Waals surface area contributed by atoms with E-state index in [4.69, 9.17) is 0 Å². The summed E-state index contributed by atoms with van der Waals surface area (Å²) in [5, 5.41) is 3.31. The Morgan fingerprint density at radius 3 is 2.75 bits per heavy atom. The molecule has 2 aliphatic rings. The third kappa shape index (κ3) is 1.61. The molecule has 0 aromatic heterocycles. The molecule has 1 aromatic carbocycles. The Hall–Kier alpha value is -1.02. The molecule has 1 aliphatic heterocycles. The minimum absolute atomic E-state index is 0.845. The molecule has 2 heteroatoms. The van der Waals surface area contributed by atoms with Crippen molar-refractivity contribution in [2.24, 2.45) is 0 Å². The van der Waals surface area contributed by atoms with Gasteiger partial charge in [-0.25, -0.2) is 0 Å². The van der Waals surface area contributed by atoms with Crippen LogP contribution in [0.4, 0.5) is 5.69 Å². The lowest BCUT2D eigenvalue weighted by Gasteiger charge is -2.22. The van der Waals surface area contributed by atoms with Crippen LogP contribution in [-0.2, 0) is 13.1 Å². The van der Waals surface area contributed by atoms with Crippen LogP contribution in [0.5, 0.6) is 0 Å². The maximum Gasteiger partial charge on any atom is 0.0386 e. The van der Waals surface area contributed by atoms with E-state index in [1.54, 1.807) is 0 Å². The largest absolute Gasteiger partial charge is 0.388 e. The van der Waals surface area contributed by atoms with Gasteiger partial charge in [-0.1, -0.05) is 25.0 Å². The molecule has 1 aromatic rings. The Morgan fingerprint density at radius 2 is 2.00 bits per heavy atom. The molecular weight excluding hydrogens is 196 g/mol. The molecule has 0 spiro atoms. The van der Waals surface area contributed by atoms with Crippen molar-refractivity contribution >= 4 is 5.69 Å². The summed E-state index contributed by atoms with van der Waals surface area (Å²) in [6.07, 6.45) is 5.67. The van der Waals surface area contributed by atoms with Crippen LogP contribution in [0.1, 0.15) is 36.8 Å². The first kappa shape index (κ1) is 10.2. The van der Waals surface area contributed by atoms with Crippen molar-refractivity contribution in [3.05, 3.63) is 29.3 Å². The summed E-state index contributed by atoms with van der Waals surface area (Å²) < 4.78 is 0. The number of fused-ring (bicyclic) bond motifs is 1. The van der Waals surface area contributed by atoms with Crippen molar-refractivity contribution in [3.63, 3.8) is 0 Å². The lowest BCUT2D eigenvalue weighted by atomic mass is 10.1. The van der Waals surface area contributed by atoms with Gasteiger partial charge in [-0.15, -0.1) is 0 Å². The Bertz CT molecular complexity index is 380. The molecule has 3 rings (SSSR count). The molecule has 16 heavy (non-hydrogen) atoms. The number of anilines is 1. The molecule has 86 valence electrons.